The zero-order valence-corrected chi connectivity index (χ0v) is 45.5. The third-order valence-electron chi connectivity index (χ3n) is 12.0. The molecule has 1 atom stereocenters. The molecule has 6 heteroatoms. The molecule has 70 heavy (non-hydrogen) atoms. The predicted molar refractivity (Wildman–Crippen MR) is 302 cm³/mol. The van der Waals surface area contributed by atoms with Gasteiger partial charge in [0.05, 0.1) is 0 Å². The highest BCUT2D eigenvalue weighted by atomic mass is 16.6. The number of esters is 3. The first-order chi connectivity index (χ1) is 34.5. The van der Waals surface area contributed by atoms with E-state index in [2.05, 4.69) is 130 Å². The molecule has 0 aromatic rings. The average molecular weight is 972 g/mol. The molecule has 0 aromatic carbocycles. The van der Waals surface area contributed by atoms with Crippen LogP contribution in [-0.2, 0) is 28.6 Å². The van der Waals surface area contributed by atoms with Gasteiger partial charge in [-0.2, -0.15) is 0 Å². The Hall–Kier alpha value is -3.93. The molecule has 0 spiro atoms. The lowest BCUT2D eigenvalue weighted by Gasteiger charge is -2.18. The highest BCUT2D eigenvalue weighted by molar-refractivity contribution is 5.71. The van der Waals surface area contributed by atoms with Crippen LogP contribution in [0.5, 0.6) is 0 Å². The molecule has 0 radical (unpaired) electrons. The van der Waals surface area contributed by atoms with Crippen molar-refractivity contribution in [1.29, 1.82) is 0 Å². The minimum atomic E-state index is -0.783. The Balaban J connectivity index is 4.13. The largest absolute Gasteiger partial charge is 0.462 e. The fourth-order valence-corrected chi connectivity index (χ4v) is 7.75. The molecule has 0 bridgehead atoms. The number of rotatable bonds is 51. The van der Waals surface area contributed by atoms with Crippen LogP contribution in [0.1, 0.15) is 258 Å². The van der Waals surface area contributed by atoms with Gasteiger partial charge in [0.15, 0.2) is 6.10 Å². The topological polar surface area (TPSA) is 78.9 Å². The molecular weight excluding hydrogens is 865 g/mol. The van der Waals surface area contributed by atoms with E-state index in [0.29, 0.717) is 19.3 Å². The molecule has 0 saturated carbocycles. The Morgan fingerprint density at radius 2 is 0.557 bits per heavy atom. The number of unbranched alkanes of at least 4 members (excludes halogenated alkanes) is 22. The minimum absolute atomic E-state index is 0.0836. The van der Waals surface area contributed by atoms with E-state index in [9.17, 15) is 14.4 Å². The highest BCUT2D eigenvalue weighted by Gasteiger charge is 2.19. The van der Waals surface area contributed by atoms with Gasteiger partial charge in [-0.15, -0.1) is 0 Å². The Labute approximate surface area is 431 Å². The van der Waals surface area contributed by atoms with E-state index in [0.717, 1.165) is 122 Å². The average Bonchev–Trinajstić information content (AvgIpc) is 3.36. The Bertz CT molecular complexity index is 1440. The number of carbonyl (C=O) groups is 3. The number of hydrogen-bond acceptors (Lipinski definition) is 6. The quantitative estimate of drug-likeness (QED) is 0.0262. The number of ether oxygens (including phenoxy) is 3. The van der Waals surface area contributed by atoms with Gasteiger partial charge in [0.25, 0.3) is 0 Å². The Kier molecular flexibility index (Phi) is 54.4. The van der Waals surface area contributed by atoms with Gasteiger partial charge in [0, 0.05) is 19.3 Å². The van der Waals surface area contributed by atoms with Crippen molar-refractivity contribution in [1.82, 2.24) is 0 Å². The first kappa shape index (κ1) is 66.1. The van der Waals surface area contributed by atoms with Gasteiger partial charge in [-0.25, -0.2) is 0 Å². The van der Waals surface area contributed by atoms with Crippen LogP contribution < -0.4 is 0 Å². The van der Waals surface area contributed by atoms with Crippen LogP contribution in [-0.4, -0.2) is 37.2 Å². The molecule has 1 unspecified atom stereocenters. The second-order valence-electron chi connectivity index (χ2n) is 18.8. The van der Waals surface area contributed by atoms with Crippen molar-refractivity contribution in [2.24, 2.45) is 0 Å². The SMILES string of the molecule is CC/C=C\C/C=C\C/C=C\C/C=C\C/C=C\C/C=C\CCCCCCCCCCCCC(=O)OCC(COC(=O)CCCCCCCC)OC(=O)CCCCCCCCC/C=C\C/C=C\C/C=C\CC. The van der Waals surface area contributed by atoms with Crippen LogP contribution in [0.2, 0.25) is 0 Å². The van der Waals surface area contributed by atoms with Crippen molar-refractivity contribution >= 4 is 17.9 Å². The minimum Gasteiger partial charge on any atom is -0.462 e. The van der Waals surface area contributed by atoms with Crippen molar-refractivity contribution in [3.63, 3.8) is 0 Å². The van der Waals surface area contributed by atoms with Gasteiger partial charge in [-0.3, -0.25) is 14.4 Å². The normalized spacial score (nSPS) is 12.9. The summed E-state index contributed by atoms with van der Waals surface area (Å²) >= 11 is 0. The fraction of sp³-hybridized carbons (Fsp3) is 0.672. The Morgan fingerprint density at radius 3 is 0.871 bits per heavy atom. The molecule has 0 aromatic heterocycles. The van der Waals surface area contributed by atoms with Gasteiger partial charge >= 0.3 is 17.9 Å². The summed E-state index contributed by atoms with van der Waals surface area (Å²) in [5.74, 6) is -0.908. The Morgan fingerprint density at radius 1 is 0.300 bits per heavy atom. The summed E-state index contributed by atoms with van der Waals surface area (Å²) in [7, 11) is 0. The monoisotopic (exact) mass is 971 g/mol. The lowest BCUT2D eigenvalue weighted by Crippen LogP contribution is -2.30. The first-order valence-electron chi connectivity index (χ1n) is 28.9. The van der Waals surface area contributed by atoms with Crippen molar-refractivity contribution < 1.29 is 28.6 Å². The maximum Gasteiger partial charge on any atom is 0.306 e. The van der Waals surface area contributed by atoms with E-state index in [1.807, 2.05) is 0 Å². The van der Waals surface area contributed by atoms with Crippen LogP contribution in [0.3, 0.4) is 0 Å². The van der Waals surface area contributed by atoms with E-state index in [4.69, 9.17) is 14.2 Å². The molecule has 0 amide bonds. The third kappa shape index (κ3) is 55.0. The molecule has 0 aliphatic rings. The molecule has 0 heterocycles. The lowest BCUT2D eigenvalue weighted by molar-refractivity contribution is -0.167. The summed E-state index contributed by atoms with van der Waals surface area (Å²) in [6.45, 7) is 6.34. The van der Waals surface area contributed by atoms with E-state index in [1.54, 1.807) is 0 Å². The first-order valence-corrected chi connectivity index (χ1v) is 28.9. The van der Waals surface area contributed by atoms with Gasteiger partial charge in [0.1, 0.15) is 13.2 Å². The van der Waals surface area contributed by atoms with E-state index >= 15 is 0 Å². The van der Waals surface area contributed by atoms with Crippen molar-refractivity contribution in [2.45, 2.75) is 264 Å². The maximum absolute atomic E-state index is 12.8. The highest BCUT2D eigenvalue weighted by Crippen LogP contribution is 2.15. The summed E-state index contributed by atoms with van der Waals surface area (Å²) in [6, 6.07) is 0. The molecule has 6 nitrogen and oxygen atoms in total. The summed E-state index contributed by atoms with van der Waals surface area (Å²) < 4.78 is 16.7. The zero-order valence-electron chi connectivity index (χ0n) is 45.5. The summed E-state index contributed by atoms with van der Waals surface area (Å²) in [6.07, 6.45) is 78.3. The van der Waals surface area contributed by atoms with E-state index in [1.165, 1.54) is 96.3 Å². The second-order valence-corrected chi connectivity index (χ2v) is 18.8. The molecule has 0 aliphatic carbocycles. The maximum atomic E-state index is 12.8. The smallest absolute Gasteiger partial charge is 0.306 e. The molecule has 0 fully saturated rings. The van der Waals surface area contributed by atoms with Crippen LogP contribution in [0, 0.1) is 0 Å². The van der Waals surface area contributed by atoms with Gasteiger partial charge in [0.2, 0.25) is 0 Å². The van der Waals surface area contributed by atoms with Gasteiger partial charge in [-0.05, 0) is 103 Å². The van der Waals surface area contributed by atoms with Crippen molar-refractivity contribution in [2.75, 3.05) is 13.2 Å². The summed E-state index contributed by atoms with van der Waals surface area (Å²) in [5.41, 5.74) is 0. The molecule has 0 N–H and O–H groups in total. The number of allylic oxidation sites excluding steroid dienone is 18. The number of carbonyl (C=O) groups excluding carboxylic acids is 3. The molecule has 398 valence electrons. The molecule has 0 rings (SSSR count). The van der Waals surface area contributed by atoms with Crippen LogP contribution >= 0.6 is 0 Å². The van der Waals surface area contributed by atoms with Crippen LogP contribution in [0.4, 0.5) is 0 Å². The predicted octanol–water partition coefficient (Wildman–Crippen LogP) is 19.5. The standard InChI is InChI=1S/C64H106O6/c1-4-7-10-13-16-18-20-22-24-26-27-28-29-30-31-32-33-34-35-36-37-39-40-42-44-46-48-51-54-57-63(66)69-60-61(59-68-62(65)56-53-50-15-12-9-6-3)70-64(67)58-55-52-49-47-45-43-41-38-25-23-21-19-17-14-11-8-5-2/h7-8,10-11,16-19,22-25,27-28,30-31,33-34,61H,4-6,9,12-15,20-21,26,29,32,35-60H2,1-3H3/b10-7-,11-8-,18-16-,19-17-,24-22-,25-23-,28-27-,31-30-,34-33-. The summed E-state index contributed by atoms with van der Waals surface area (Å²) in [5, 5.41) is 0. The second kappa shape index (κ2) is 57.6. The lowest BCUT2D eigenvalue weighted by atomic mass is 10.1. The van der Waals surface area contributed by atoms with Gasteiger partial charge in [-0.1, -0.05) is 246 Å². The van der Waals surface area contributed by atoms with Crippen molar-refractivity contribution in [3.8, 4) is 0 Å². The number of hydrogen-bond donors (Lipinski definition) is 0. The van der Waals surface area contributed by atoms with Crippen LogP contribution in [0.25, 0.3) is 0 Å². The zero-order chi connectivity index (χ0) is 50.7. The van der Waals surface area contributed by atoms with Crippen molar-refractivity contribution in [3.05, 3.63) is 109 Å². The molecule has 0 aliphatic heterocycles. The summed E-state index contributed by atoms with van der Waals surface area (Å²) in [4.78, 5) is 37.9. The van der Waals surface area contributed by atoms with Crippen LogP contribution in [0.15, 0.2) is 109 Å². The third-order valence-corrected chi connectivity index (χ3v) is 12.0. The fourth-order valence-electron chi connectivity index (χ4n) is 7.75. The molecular formula is C64H106O6. The van der Waals surface area contributed by atoms with E-state index < -0.39 is 6.10 Å². The van der Waals surface area contributed by atoms with Gasteiger partial charge < -0.3 is 14.2 Å². The molecule has 0 saturated heterocycles. The van der Waals surface area contributed by atoms with E-state index in [-0.39, 0.29) is 31.1 Å².